The maximum atomic E-state index is 11.8. The number of cyclic esters (lactones) is 1. The van der Waals surface area contributed by atoms with Crippen molar-refractivity contribution in [2.24, 2.45) is 5.73 Å². The van der Waals surface area contributed by atoms with Crippen molar-refractivity contribution in [3.05, 3.63) is 24.3 Å². The molecule has 0 spiro atoms. The Morgan fingerprint density at radius 3 is 2.71 bits per heavy atom. The fourth-order valence-electron chi connectivity index (χ4n) is 1.96. The molecule has 1 amide bonds. The summed E-state index contributed by atoms with van der Waals surface area (Å²) in [5, 5.41) is 9.20. The zero-order valence-corrected chi connectivity index (χ0v) is 9.72. The topological polar surface area (TPSA) is 75.8 Å². The smallest absolute Gasteiger partial charge is 0.415 e. The molecule has 17 heavy (non-hydrogen) atoms. The molecule has 1 aliphatic rings. The second-order valence-corrected chi connectivity index (χ2v) is 4.46. The standard InChI is InChI=1S/C12H16N2O3/c1-12(6-7-13)8-14(11(16)17-12)9-2-4-10(15)5-3-9/h2-5,15H,6-8,13H2,1H3. The molecule has 1 unspecified atom stereocenters. The van der Waals surface area contributed by atoms with Crippen LogP contribution in [0, 0.1) is 0 Å². The molecule has 1 aromatic rings. The number of hydrogen-bond donors (Lipinski definition) is 2. The number of carbonyl (C=O) groups excluding carboxylic acids is 1. The summed E-state index contributed by atoms with van der Waals surface area (Å²) in [7, 11) is 0. The van der Waals surface area contributed by atoms with Crippen LogP contribution in [0.2, 0.25) is 0 Å². The van der Waals surface area contributed by atoms with E-state index in [1.54, 1.807) is 29.2 Å². The van der Waals surface area contributed by atoms with Crippen molar-refractivity contribution in [1.82, 2.24) is 0 Å². The number of amides is 1. The van der Waals surface area contributed by atoms with Crippen molar-refractivity contribution in [1.29, 1.82) is 0 Å². The third kappa shape index (κ3) is 2.34. The van der Waals surface area contributed by atoms with Gasteiger partial charge in [0.15, 0.2) is 0 Å². The summed E-state index contributed by atoms with van der Waals surface area (Å²) in [6.45, 7) is 2.83. The first kappa shape index (κ1) is 11.7. The summed E-state index contributed by atoms with van der Waals surface area (Å²) in [5.41, 5.74) is 5.69. The van der Waals surface area contributed by atoms with Crippen LogP contribution < -0.4 is 10.6 Å². The zero-order valence-electron chi connectivity index (χ0n) is 9.72. The number of ether oxygens (including phenoxy) is 1. The van der Waals surface area contributed by atoms with E-state index in [-0.39, 0.29) is 11.8 Å². The van der Waals surface area contributed by atoms with Crippen LogP contribution in [0.25, 0.3) is 0 Å². The molecule has 0 aromatic heterocycles. The first-order valence-electron chi connectivity index (χ1n) is 5.54. The van der Waals surface area contributed by atoms with Crippen molar-refractivity contribution < 1.29 is 14.6 Å². The fraction of sp³-hybridized carbons (Fsp3) is 0.417. The minimum absolute atomic E-state index is 0.172. The van der Waals surface area contributed by atoms with Gasteiger partial charge in [-0.05, 0) is 37.7 Å². The third-order valence-corrected chi connectivity index (χ3v) is 2.88. The number of rotatable bonds is 3. The van der Waals surface area contributed by atoms with E-state index in [2.05, 4.69) is 0 Å². The third-order valence-electron chi connectivity index (χ3n) is 2.88. The van der Waals surface area contributed by atoms with E-state index in [1.165, 1.54) is 0 Å². The molecule has 0 saturated carbocycles. The van der Waals surface area contributed by atoms with Crippen LogP contribution in [0.15, 0.2) is 24.3 Å². The van der Waals surface area contributed by atoms with Crippen molar-refractivity contribution in [2.75, 3.05) is 18.0 Å². The quantitative estimate of drug-likeness (QED) is 0.833. The molecule has 92 valence electrons. The number of phenols is 1. The van der Waals surface area contributed by atoms with Crippen LogP contribution in [0.3, 0.4) is 0 Å². The summed E-state index contributed by atoms with van der Waals surface area (Å²) >= 11 is 0. The number of nitrogens with zero attached hydrogens (tertiary/aromatic N) is 1. The van der Waals surface area contributed by atoms with Crippen LogP contribution in [0.5, 0.6) is 5.75 Å². The van der Waals surface area contributed by atoms with Gasteiger partial charge >= 0.3 is 6.09 Å². The van der Waals surface area contributed by atoms with Crippen molar-refractivity contribution in [3.8, 4) is 5.75 Å². The van der Waals surface area contributed by atoms with Gasteiger partial charge in [-0.2, -0.15) is 0 Å². The number of phenolic OH excluding ortho intramolecular Hbond substituents is 1. The molecular weight excluding hydrogens is 220 g/mol. The lowest BCUT2D eigenvalue weighted by molar-refractivity contribution is 0.0672. The highest BCUT2D eigenvalue weighted by molar-refractivity contribution is 5.90. The van der Waals surface area contributed by atoms with Crippen LogP contribution in [0.4, 0.5) is 10.5 Å². The summed E-state index contributed by atoms with van der Waals surface area (Å²) < 4.78 is 5.33. The monoisotopic (exact) mass is 236 g/mol. The Kier molecular flexibility index (Phi) is 2.93. The lowest BCUT2D eigenvalue weighted by Crippen LogP contribution is -2.33. The fourth-order valence-corrected chi connectivity index (χ4v) is 1.96. The number of carbonyl (C=O) groups is 1. The predicted molar refractivity (Wildman–Crippen MR) is 64.0 cm³/mol. The molecule has 2 rings (SSSR count). The van der Waals surface area contributed by atoms with Gasteiger partial charge in [-0.1, -0.05) is 0 Å². The van der Waals surface area contributed by atoms with Gasteiger partial charge in [0.1, 0.15) is 11.4 Å². The van der Waals surface area contributed by atoms with Gasteiger partial charge in [0, 0.05) is 12.1 Å². The van der Waals surface area contributed by atoms with Crippen LogP contribution in [-0.4, -0.2) is 29.9 Å². The first-order chi connectivity index (χ1) is 8.04. The maximum absolute atomic E-state index is 11.8. The summed E-state index contributed by atoms with van der Waals surface area (Å²) in [6, 6.07) is 6.46. The molecule has 1 aliphatic heterocycles. The largest absolute Gasteiger partial charge is 0.508 e. The summed E-state index contributed by atoms with van der Waals surface area (Å²) in [5.74, 6) is 0.172. The van der Waals surface area contributed by atoms with Crippen molar-refractivity contribution >= 4 is 11.8 Å². The number of nitrogens with two attached hydrogens (primary N) is 1. The lowest BCUT2D eigenvalue weighted by atomic mass is 10.0. The normalized spacial score (nSPS) is 23.9. The van der Waals surface area contributed by atoms with Gasteiger partial charge in [0.05, 0.1) is 6.54 Å². The second-order valence-electron chi connectivity index (χ2n) is 4.46. The van der Waals surface area contributed by atoms with Gasteiger partial charge in [0.2, 0.25) is 0 Å². The molecule has 0 bridgehead atoms. The minimum atomic E-state index is -0.524. The molecule has 3 N–H and O–H groups in total. The highest BCUT2D eigenvalue weighted by Crippen LogP contribution is 2.30. The number of hydrogen-bond acceptors (Lipinski definition) is 4. The van der Waals surface area contributed by atoms with Crippen LogP contribution >= 0.6 is 0 Å². The average molecular weight is 236 g/mol. The number of anilines is 1. The van der Waals surface area contributed by atoms with Gasteiger partial charge in [-0.25, -0.2) is 4.79 Å². The highest BCUT2D eigenvalue weighted by atomic mass is 16.6. The van der Waals surface area contributed by atoms with E-state index < -0.39 is 5.60 Å². The number of benzene rings is 1. The van der Waals surface area contributed by atoms with E-state index in [0.29, 0.717) is 25.2 Å². The van der Waals surface area contributed by atoms with E-state index in [4.69, 9.17) is 10.5 Å². The molecule has 1 atom stereocenters. The lowest BCUT2D eigenvalue weighted by Gasteiger charge is -2.20. The number of aromatic hydroxyl groups is 1. The van der Waals surface area contributed by atoms with Crippen molar-refractivity contribution in [2.45, 2.75) is 18.9 Å². The molecular formula is C12H16N2O3. The Bertz CT molecular complexity index is 418. The highest BCUT2D eigenvalue weighted by Gasteiger charge is 2.41. The molecule has 1 aromatic carbocycles. The SMILES string of the molecule is CC1(CCN)CN(c2ccc(O)cc2)C(=O)O1. The molecule has 1 heterocycles. The second kappa shape index (κ2) is 4.25. The van der Waals surface area contributed by atoms with E-state index in [1.807, 2.05) is 6.92 Å². The Balaban J connectivity index is 2.18. The molecule has 0 radical (unpaired) electrons. The molecule has 0 aliphatic carbocycles. The van der Waals surface area contributed by atoms with E-state index in [0.717, 1.165) is 0 Å². The van der Waals surface area contributed by atoms with Gasteiger partial charge in [-0.3, -0.25) is 4.90 Å². The first-order valence-corrected chi connectivity index (χ1v) is 5.54. The zero-order chi connectivity index (χ0) is 12.5. The van der Waals surface area contributed by atoms with E-state index in [9.17, 15) is 9.90 Å². The van der Waals surface area contributed by atoms with Crippen LogP contribution in [-0.2, 0) is 4.74 Å². The van der Waals surface area contributed by atoms with Gasteiger partial charge < -0.3 is 15.6 Å². The Hall–Kier alpha value is -1.75. The Labute approximate surface area is 99.8 Å². The summed E-state index contributed by atoms with van der Waals surface area (Å²) in [6.07, 6.45) is 0.263. The minimum Gasteiger partial charge on any atom is -0.508 e. The molecule has 5 heteroatoms. The molecule has 1 fully saturated rings. The summed E-state index contributed by atoms with van der Waals surface area (Å²) in [4.78, 5) is 13.3. The van der Waals surface area contributed by atoms with E-state index >= 15 is 0 Å². The van der Waals surface area contributed by atoms with Crippen molar-refractivity contribution in [3.63, 3.8) is 0 Å². The van der Waals surface area contributed by atoms with Gasteiger partial charge in [-0.15, -0.1) is 0 Å². The average Bonchev–Trinajstić information content (AvgIpc) is 2.56. The van der Waals surface area contributed by atoms with Gasteiger partial charge in [0.25, 0.3) is 0 Å². The van der Waals surface area contributed by atoms with Crippen LogP contribution in [0.1, 0.15) is 13.3 Å². The Morgan fingerprint density at radius 1 is 1.47 bits per heavy atom. The Morgan fingerprint density at radius 2 is 2.12 bits per heavy atom. The molecule has 1 saturated heterocycles. The predicted octanol–water partition coefficient (Wildman–Crippen LogP) is 1.46. The molecule has 5 nitrogen and oxygen atoms in total. The maximum Gasteiger partial charge on any atom is 0.415 e.